The highest BCUT2D eigenvalue weighted by Crippen LogP contribution is 2.26. The summed E-state index contributed by atoms with van der Waals surface area (Å²) in [4.78, 5) is 21.8. The molecule has 2 unspecified atom stereocenters. The number of hydrogen-bond donors (Lipinski definition) is 2. The maximum absolute atomic E-state index is 11.9. The molecule has 1 fully saturated rings. The van der Waals surface area contributed by atoms with Crippen LogP contribution in [0.25, 0.3) is 0 Å². The molecule has 7 nitrogen and oxygen atoms in total. The average Bonchev–Trinajstić information content (AvgIpc) is 3.20. The Bertz CT molecular complexity index is 612. The molecule has 29 heavy (non-hydrogen) atoms. The topological polar surface area (TPSA) is 69.2 Å². The third-order valence-corrected chi connectivity index (χ3v) is 5.72. The second-order valence-electron chi connectivity index (χ2n) is 7.32. The molecular formula is C20H36IN5O2S. The smallest absolute Gasteiger partial charge is 0.243 e. The monoisotopic (exact) mass is 537 g/mol. The first kappa shape index (κ1) is 26.1. The number of aliphatic imine (C=N–C) groups is 1. The molecule has 0 aliphatic carbocycles. The van der Waals surface area contributed by atoms with E-state index < -0.39 is 0 Å². The standard InChI is InChI=1S/C20H35N5O2S.HI/c1-5-6-9-21-20(23-14-19(26)24(3)4)22-13-17(18-8-7-12-28-18)25-10-11-27-16(2)15-25;/h7-8,12,16-17H,5-6,9-11,13-15H2,1-4H3,(H2,21,22,23);1H. The molecule has 1 aliphatic heterocycles. The highest BCUT2D eigenvalue weighted by Gasteiger charge is 2.26. The molecule has 1 saturated heterocycles. The molecule has 2 rings (SSSR count). The van der Waals surface area contributed by atoms with E-state index >= 15 is 0 Å². The van der Waals surface area contributed by atoms with Gasteiger partial charge in [0.25, 0.3) is 0 Å². The molecule has 0 radical (unpaired) electrons. The van der Waals surface area contributed by atoms with E-state index in [-0.39, 0.29) is 48.6 Å². The lowest BCUT2D eigenvalue weighted by molar-refractivity contribution is -0.127. The van der Waals surface area contributed by atoms with Gasteiger partial charge in [0.2, 0.25) is 5.91 Å². The normalized spacial score (nSPS) is 18.6. The number of amides is 1. The predicted octanol–water partition coefficient (Wildman–Crippen LogP) is 2.55. The van der Waals surface area contributed by atoms with E-state index in [0.29, 0.717) is 5.96 Å². The van der Waals surface area contributed by atoms with Crippen molar-refractivity contribution in [1.29, 1.82) is 0 Å². The molecule has 1 aromatic heterocycles. The zero-order valence-electron chi connectivity index (χ0n) is 18.0. The van der Waals surface area contributed by atoms with Gasteiger partial charge in [0.05, 0.1) is 18.8 Å². The number of carbonyl (C=O) groups excluding carboxylic acids is 1. The summed E-state index contributed by atoms with van der Waals surface area (Å²) >= 11 is 1.78. The van der Waals surface area contributed by atoms with Crippen molar-refractivity contribution in [3.05, 3.63) is 22.4 Å². The van der Waals surface area contributed by atoms with Crippen LogP contribution in [-0.2, 0) is 9.53 Å². The highest BCUT2D eigenvalue weighted by atomic mass is 127. The van der Waals surface area contributed by atoms with Gasteiger partial charge in [-0.1, -0.05) is 19.4 Å². The number of likely N-dealkylation sites (N-methyl/N-ethyl adjacent to an activating group) is 1. The van der Waals surface area contributed by atoms with Crippen LogP contribution in [-0.4, -0.2) is 81.2 Å². The summed E-state index contributed by atoms with van der Waals surface area (Å²) in [6.07, 6.45) is 2.42. The molecular weight excluding hydrogens is 501 g/mol. The molecule has 1 aliphatic rings. The van der Waals surface area contributed by atoms with Crippen molar-refractivity contribution in [3.8, 4) is 0 Å². The fourth-order valence-electron chi connectivity index (χ4n) is 3.06. The van der Waals surface area contributed by atoms with Gasteiger partial charge in [-0.15, -0.1) is 35.3 Å². The highest BCUT2D eigenvalue weighted by molar-refractivity contribution is 14.0. The molecule has 1 amide bonds. The van der Waals surface area contributed by atoms with Gasteiger partial charge in [-0.2, -0.15) is 0 Å². The Morgan fingerprint density at radius 3 is 2.86 bits per heavy atom. The zero-order valence-corrected chi connectivity index (χ0v) is 21.2. The van der Waals surface area contributed by atoms with Crippen LogP contribution in [0.1, 0.15) is 37.6 Å². The quantitative estimate of drug-likeness (QED) is 0.220. The average molecular weight is 538 g/mol. The van der Waals surface area contributed by atoms with Crippen LogP contribution in [0.3, 0.4) is 0 Å². The Kier molecular flexibility index (Phi) is 12.8. The number of hydrogen-bond acceptors (Lipinski definition) is 5. The van der Waals surface area contributed by atoms with Gasteiger partial charge in [-0.05, 0) is 24.8 Å². The van der Waals surface area contributed by atoms with Gasteiger partial charge in [0.15, 0.2) is 5.96 Å². The van der Waals surface area contributed by atoms with Crippen LogP contribution in [0.4, 0.5) is 0 Å². The fraction of sp³-hybridized carbons (Fsp3) is 0.700. The Balaban J connectivity index is 0.00000420. The number of ether oxygens (including phenoxy) is 1. The number of rotatable bonds is 9. The molecule has 166 valence electrons. The second-order valence-corrected chi connectivity index (χ2v) is 8.30. The predicted molar refractivity (Wildman–Crippen MR) is 131 cm³/mol. The molecule has 1 aromatic rings. The molecule has 0 spiro atoms. The summed E-state index contributed by atoms with van der Waals surface area (Å²) in [6, 6.07) is 4.55. The maximum Gasteiger partial charge on any atom is 0.243 e. The fourth-order valence-corrected chi connectivity index (χ4v) is 3.92. The number of nitrogens with one attached hydrogen (secondary N) is 2. The van der Waals surface area contributed by atoms with E-state index in [1.54, 1.807) is 30.3 Å². The van der Waals surface area contributed by atoms with Crippen LogP contribution in [0.5, 0.6) is 0 Å². The second kappa shape index (κ2) is 14.2. The SMILES string of the molecule is CCCCNC(=NCC(=O)N(C)C)NCC(c1cccs1)N1CCOC(C)C1.I. The first-order valence-corrected chi connectivity index (χ1v) is 11.0. The lowest BCUT2D eigenvalue weighted by Crippen LogP contribution is -2.48. The first-order valence-electron chi connectivity index (χ1n) is 10.1. The van der Waals surface area contributed by atoms with Crippen LogP contribution < -0.4 is 10.6 Å². The lowest BCUT2D eigenvalue weighted by Gasteiger charge is -2.37. The first-order chi connectivity index (χ1) is 13.5. The van der Waals surface area contributed by atoms with Crippen LogP contribution in [0.15, 0.2) is 22.5 Å². The van der Waals surface area contributed by atoms with Gasteiger partial charge < -0.3 is 20.3 Å². The zero-order chi connectivity index (χ0) is 20.4. The van der Waals surface area contributed by atoms with Crippen molar-refractivity contribution >= 4 is 47.2 Å². The summed E-state index contributed by atoms with van der Waals surface area (Å²) in [5, 5.41) is 8.94. The van der Waals surface area contributed by atoms with Gasteiger partial charge in [-0.3, -0.25) is 9.69 Å². The summed E-state index contributed by atoms with van der Waals surface area (Å²) < 4.78 is 5.72. The van der Waals surface area contributed by atoms with Crippen molar-refractivity contribution in [1.82, 2.24) is 20.4 Å². The number of carbonyl (C=O) groups is 1. The van der Waals surface area contributed by atoms with Gasteiger partial charge in [0.1, 0.15) is 6.54 Å². The van der Waals surface area contributed by atoms with Crippen LogP contribution in [0.2, 0.25) is 0 Å². The Morgan fingerprint density at radius 1 is 1.45 bits per heavy atom. The molecule has 0 aromatic carbocycles. The summed E-state index contributed by atoms with van der Waals surface area (Å²) in [5.41, 5.74) is 0. The van der Waals surface area contributed by atoms with Gasteiger partial charge in [-0.25, -0.2) is 4.99 Å². The van der Waals surface area contributed by atoms with Crippen LogP contribution in [0, 0.1) is 0 Å². The van der Waals surface area contributed by atoms with Crippen molar-refractivity contribution < 1.29 is 9.53 Å². The van der Waals surface area contributed by atoms with E-state index in [1.165, 1.54) is 4.88 Å². The third-order valence-electron chi connectivity index (χ3n) is 4.74. The largest absolute Gasteiger partial charge is 0.376 e. The number of unbranched alkanes of at least 4 members (excludes halogenated alkanes) is 1. The van der Waals surface area contributed by atoms with E-state index in [2.05, 4.69) is 51.9 Å². The lowest BCUT2D eigenvalue weighted by atomic mass is 10.1. The minimum Gasteiger partial charge on any atom is -0.376 e. The van der Waals surface area contributed by atoms with Gasteiger partial charge in [0, 0.05) is 45.2 Å². The van der Waals surface area contributed by atoms with Crippen molar-refractivity contribution in [2.45, 2.75) is 38.8 Å². The summed E-state index contributed by atoms with van der Waals surface area (Å²) in [6.45, 7) is 8.61. The molecule has 2 heterocycles. The molecule has 0 saturated carbocycles. The summed E-state index contributed by atoms with van der Waals surface area (Å²) in [5.74, 6) is 0.694. The van der Waals surface area contributed by atoms with E-state index in [1.807, 2.05) is 0 Å². The number of morpholine rings is 1. The van der Waals surface area contributed by atoms with Crippen molar-refractivity contribution in [2.75, 3.05) is 53.4 Å². The number of nitrogens with zero attached hydrogens (tertiary/aromatic N) is 3. The molecule has 2 atom stereocenters. The van der Waals surface area contributed by atoms with Gasteiger partial charge >= 0.3 is 0 Å². The summed E-state index contributed by atoms with van der Waals surface area (Å²) in [7, 11) is 3.50. The molecule has 9 heteroatoms. The van der Waals surface area contributed by atoms with E-state index in [4.69, 9.17) is 4.74 Å². The molecule has 2 N–H and O–H groups in total. The third kappa shape index (κ3) is 9.18. The molecule has 0 bridgehead atoms. The van der Waals surface area contributed by atoms with Crippen LogP contribution >= 0.6 is 35.3 Å². The minimum absolute atomic E-state index is 0. The Labute approximate surface area is 196 Å². The number of guanidine groups is 1. The van der Waals surface area contributed by atoms with E-state index in [0.717, 1.165) is 45.6 Å². The number of thiophene rings is 1. The number of halogens is 1. The Hall–Kier alpha value is -0.910. The Morgan fingerprint density at radius 2 is 2.24 bits per heavy atom. The van der Waals surface area contributed by atoms with E-state index in [9.17, 15) is 4.79 Å². The minimum atomic E-state index is -0.00611. The van der Waals surface area contributed by atoms with Crippen molar-refractivity contribution in [2.24, 2.45) is 4.99 Å². The van der Waals surface area contributed by atoms with Crippen molar-refractivity contribution in [3.63, 3.8) is 0 Å². The maximum atomic E-state index is 11.9.